The van der Waals surface area contributed by atoms with Crippen molar-refractivity contribution in [2.75, 3.05) is 16.8 Å². The van der Waals surface area contributed by atoms with Crippen molar-refractivity contribution in [3.05, 3.63) is 29.8 Å². The molecule has 0 bridgehead atoms. The van der Waals surface area contributed by atoms with Crippen molar-refractivity contribution >= 4 is 27.5 Å². The van der Waals surface area contributed by atoms with Crippen molar-refractivity contribution in [1.82, 2.24) is 10.6 Å². The molecule has 2 aliphatic rings. The van der Waals surface area contributed by atoms with E-state index in [9.17, 15) is 18.0 Å². The van der Waals surface area contributed by atoms with E-state index in [1.807, 2.05) is 0 Å². The third-order valence-electron chi connectivity index (χ3n) is 5.14. The quantitative estimate of drug-likeness (QED) is 0.684. The lowest BCUT2D eigenvalue weighted by molar-refractivity contribution is 0.0933. The van der Waals surface area contributed by atoms with Gasteiger partial charge in [0.05, 0.1) is 11.5 Å². The molecule has 1 atom stereocenters. The summed E-state index contributed by atoms with van der Waals surface area (Å²) >= 11 is 0. The number of sulfone groups is 1. The molecular formula is C19H27N3O4S. The van der Waals surface area contributed by atoms with Crippen molar-refractivity contribution < 1.29 is 18.0 Å². The Kier molecular flexibility index (Phi) is 6.36. The number of hydrogen-bond donors (Lipinski definition) is 3. The Balaban J connectivity index is 1.54. The summed E-state index contributed by atoms with van der Waals surface area (Å²) in [5.74, 6) is -0.0493. The lowest BCUT2D eigenvalue weighted by Crippen LogP contribution is -2.38. The molecule has 148 valence electrons. The molecule has 1 aliphatic carbocycles. The van der Waals surface area contributed by atoms with Gasteiger partial charge in [-0.3, -0.25) is 4.79 Å². The predicted octanol–water partition coefficient (Wildman–Crippen LogP) is 2.45. The molecule has 3 amide bonds. The highest BCUT2D eigenvalue weighted by molar-refractivity contribution is 7.91. The first kappa shape index (κ1) is 19.7. The van der Waals surface area contributed by atoms with E-state index in [0.717, 1.165) is 25.7 Å². The van der Waals surface area contributed by atoms with E-state index in [0.29, 0.717) is 17.7 Å². The summed E-state index contributed by atoms with van der Waals surface area (Å²) in [6.07, 6.45) is 7.19. The fourth-order valence-corrected chi connectivity index (χ4v) is 5.37. The first-order valence-corrected chi connectivity index (χ1v) is 11.4. The number of anilines is 1. The van der Waals surface area contributed by atoms with Crippen LogP contribution in [0.5, 0.6) is 0 Å². The Labute approximate surface area is 160 Å². The highest BCUT2D eigenvalue weighted by Crippen LogP contribution is 2.18. The molecule has 0 unspecified atom stereocenters. The van der Waals surface area contributed by atoms with E-state index in [1.165, 1.54) is 12.8 Å². The molecule has 1 saturated heterocycles. The van der Waals surface area contributed by atoms with Crippen molar-refractivity contribution in [3.8, 4) is 0 Å². The maximum absolute atomic E-state index is 12.5. The summed E-state index contributed by atoms with van der Waals surface area (Å²) in [7, 11) is -3.04. The number of nitrogens with one attached hydrogen (secondary N) is 3. The summed E-state index contributed by atoms with van der Waals surface area (Å²) < 4.78 is 22.9. The summed E-state index contributed by atoms with van der Waals surface area (Å²) in [5, 5.41) is 8.44. The molecule has 0 aromatic heterocycles. The Bertz CT molecular complexity index is 786. The fourth-order valence-electron chi connectivity index (χ4n) is 3.69. The van der Waals surface area contributed by atoms with E-state index in [1.54, 1.807) is 24.3 Å². The molecule has 1 aromatic carbocycles. The zero-order valence-corrected chi connectivity index (χ0v) is 16.2. The molecule has 2 fully saturated rings. The third kappa shape index (κ3) is 5.95. The molecule has 0 spiro atoms. The zero-order chi connectivity index (χ0) is 19.3. The summed E-state index contributed by atoms with van der Waals surface area (Å²) in [5.41, 5.74) is 1.00. The van der Waals surface area contributed by atoms with Crippen molar-refractivity contribution in [2.45, 2.75) is 57.0 Å². The maximum atomic E-state index is 12.5. The first-order chi connectivity index (χ1) is 12.9. The van der Waals surface area contributed by atoms with Crippen LogP contribution in [0, 0.1) is 0 Å². The van der Waals surface area contributed by atoms with Gasteiger partial charge in [0.15, 0.2) is 9.84 Å². The highest BCUT2D eigenvalue weighted by Gasteiger charge is 2.28. The molecule has 7 nitrogen and oxygen atoms in total. The van der Waals surface area contributed by atoms with Crippen LogP contribution in [0.3, 0.4) is 0 Å². The van der Waals surface area contributed by atoms with Gasteiger partial charge in [-0.2, -0.15) is 0 Å². The van der Waals surface area contributed by atoms with Crippen molar-refractivity contribution in [3.63, 3.8) is 0 Å². The van der Waals surface area contributed by atoms with Crippen LogP contribution in [0.2, 0.25) is 0 Å². The normalized spacial score (nSPS) is 22.6. The van der Waals surface area contributed by atoms with Crippen LogP contribution in [-0.2, 0) is 9.84 Å². The summed E-state index contributed by atoms with van der Waals surface area (Å²) in [6, 6.07) is 6.17. The molecular weight excluding hydrogens is 366 g/mol. The number of hydrogen-bond acceptors (Lipinski definition) is 4. The monoisotopic (exact) mass is 393 g/mol. The van der Waals surface area contributed by atoms with Gasteiger partial charge in [-0.15, -0.1) is 0 Å². The fraction of sp³-hybridized carbons (Fsp3) is 0.579. The number of amides is 3. The van der Waals surface area contributed by atoms with Crippen LogP contribution in [-0.4, -0.2) is 43.9 Å². The molecule has 1 aliphatic heterocycles. The first-order valence-electron chi connectivity index (χ1n) is 9.60. The lowest BCUT2D eigenvalue weighted by atomic mass is 10.1. The van der Waals surface area contributed by atoms with Gasteiger partial charge >= 0.3 is 6.03 Å². The number of rotatable bonds is 4. The maximum Gasteiger partial charge on any atom is 0.319 e. The van der Waals surface area contributed by atoms with Gasteiger partial charge in [0.1, 0.15) is 0 Å². The number of urea groups is 1. The van der Waals surface area contributed by atoms with E-state index in [-0.39, 0.29) is 29.5 Å². The van der Waals surface area contributed by atoms with E-state index in [2.05, 4.69) is 16.0 Å². The zero-order valence-electron chi connectivity index (χ0n) is 15.4. The van der Waals surface area contributed by atoms with Crippen LogP contribution < -0.4 is 16.0 Å². The Hall–Kier alpha value is -2.09. The molecule has 1 heterocycles. The molecule has 27 heavy (non-hydrogen) atoms. The Morgan fingerprint density at radius 1 is 0.926 bits per heavy atom. The molecule has 3 rings (SSSR count). The number of carbonyl (C=O) groups excluding carboxylic acids is 2. The second kappa shape index (κ2) is 8.73. The predicted molar refractivity (Wildman–Crippen MR) is 105 cm³/mol. The number of benzene rings is 1. The van der Waals surface area contributed by atoms with Gasteiger partial charge in [-0.05, 0) is 37.5 Å². The highest BCUT2D eigenvalue weighted by atomic mass is 32.2. The molecule has 0 radical (unpaired) electrons. The van der Waals surface area contributed by atoms with E-state index in [4.69, 9.17) is 0 Å². The Morgan fingerprint density at radius 3 is 2.33 bits per heavy atom. The van der Waals surface area contributed by atoms with Crippen LogP contribution >= 0.6 is 0 Å². The minimum atomic E-state index is -3.04. The SMILES string of the molecule is O=C(Nc1cccc(C(=O)NC2CCCCCC2)c1)N[C@H]1CCS(=O)(=O)C1. The molecule has 3 N–H and O–H groups in total. The average Bonchev–Trinajstić information content (AvgIpc) is 2.81. The van der Waals surface area contributed by atoms with Crippen LogP contribution in [0.4, 0.5) is 10.5 Å². The second-order valence-corrected chi connectivity index (χ2v) is 9.67. The Morgan fingerprint density at radius 2 is 1.67 bits per heavy atom. The minimum Gasteiger partial charge on any atom is -0.349 e. The topological polar surface area (TPSA) is 104 Å². The van der Waals surface area contributed by atoms with Crippen molar-refractivity contribution in [2.24, 2.45) is 0 Å². The van der Waals surface area contributed by atoms with Crippen LogP contribution in [0.1, 0.15) is 55.3 Å². The van der Waals surface area contributed by atoms with Gasteiger partial charge in [0, 0.05) is 23.3 Å². The van der Waals surface area contributed by atoms with Gasteiger partial charge < -0.3 is 16.0 Å². The third-order valence-corrected chi connectivity index (χ3v) is 6.91. The standard InChI is InChI=1S/C19H27N3O4S/c23-18(20-15-7-3-1-2-4-8-15)14-6-5-9-16(12-14)21-19(24)22-17-10-11-27(25,26)13-17/h5-6,9,12,15,17H,1-4,7-8,10-11,13H2,(H,20,23)(H2,21,22,24)/t17-/m0/s1. The van der Waals surface area contributed by atoms with Gasteiger partial charge in [-0.25, -0.2) is 13.2 Å². The summed E-state index contributed by atoms with van der Waals surface area (Å²) in [6.45, 7) is 0. The summed E-state index contributed by atoms with van der Waals surface area (Å²) in [4.78, 5) is 24.6. The average molecular weight is 394 g/mol. The van der Waals surface area contributed by atoms with Gasteiger partial charge in [0.2, 0.25) is 0 Å². The lowest BCUT2D eigenvalue weighted by Gasteiger charge is -2.17. The molecule has 1 saturated carbocycles. The second-order valence-electron chi connectivity index (χ2n) is 7.44. The van der Waals surface area contributed by atoms with Crippen LogP contribution in [0.15, 0.2) is 24.3 Å². The van der Waals surface area contributed by atoms with Crippen molar-refractivity contribution in [1.29, 1.82) is 0 Å². The largest absolute Gasteiger partial charge is 0.349 e. The molecule has 1 aromatic rings. The van der Waals surface area contributed by atoms with E-state index >= 15 is 0 Å². The molecule has 8 heteroatoms. The van der Waals surface area contributed by atoms with Gasteiger partial charge in [0.25, 0.3) is 5.91 Å². The van der Waals surface area contributed by atoms with Crippen LogP contribution in [0.25, 0.3) is 0 Å². The smallest absolute Gasteiger partial charge is 0.319 e. The van der Waals surface area contributed by atoms with Gasteiger partial charge in [-0.1, -0.05) is 31.7 Å². The van der Waals surface area contributed by atoms with E-state index < -0.39 is 15.9 Å². The minimum absolute atomic E-state index is 0.0236. The number of carbonyl (C=O) groups is 2.